The summed E-state index contributed by atoms with van der Waals surface area (Å²) in [4.78, 5) is 0. The van der Waals surface area contributed by atoms with Gasteiger partial charge in [0.15, 0.2) is 0 Å². The third kappa shape index (κ3) is 2.94. The minimum absolute atomic E-state index is 0.261. The molecule has 2 aromatic carbocycles. The van der Waals surface area contributed by atoms with Crippen molar-refractivity contribution in [2.75, 3.05) is 26.4 Å². The average molecular weight is 339 g/mol. The highest BCUT2D eigenvalue weighted by molar-refractivity contribution is 6.09. The zero-order chi connectivity index (χ0) is 16.8. The second-order valence-corrected chi connectivity index (χ2v) is 6.63. The number of aryl methyl sites for hydroxylation is 1. The van der Waals surface area contributed by atoms with Gasteiger partial charge in [-0.1, -0.05) is 0 Å². The maximum atomic E-state index is 5.87. The maximum absolute atomic E-state index is 5.87. The molecular weight excluding hydrogens is 318 g/mol. The Hall–Kier alpha value is -2.24. The van der Waals surface area contributed by atoms with E-state index in [1.54, 1.807) is 0 Å². The molecule has 2 unspecified atom stereocenters. The highest BCUT2D eigenvalue weighted by Gasteiger charge is 2.24. The molecule has 2 fully saturated rings. The lowest BCUT2D eigenvalue weighted by Gasteiger charge is -2.06. The molecule has 0 N–H and O–H groups in total. The van der Waals surface area contributed by atoms with Crippen LogP contribution in [-0.4, -0.2) is 43.2 Å². The molecule has 3 heterocycles. The minimum Gasteiger partial charge on any atom is -0.491 e. The van der Waals surface area contributed by atoms with Crippen molar-refractivity contribution in [1.82, 2.24) is 4.57 Å². The monoisotopic (exact) mass is 339 g/mol. The standard InChI is InChI=1S/C20H21NO4/c1-2-21-19-5-3-13(22-9-15-11-24-15)7-17(19)18-8-14(4-6-20(18)21)23-10-16-12-25-16/h3-8,15-16H,2,9-12H2,1H3. The van der Waals surface area contributed by atoms with E-state index >= 15 is 0 Å². The van der Waals surface area contributed by atoms with Crippen LogP contribution in [-0.2, 0) is 16.0 Å². The molecule has 0 radical (unpaired) electrons. The van der Waals surface area contributed by atoms with E-state index < -0.39 is 0 Å². The topological polar surface area (TPSA) is 48.5 Å². The summed E-state index contributed by atoms with van der Waals surface area (Å²) in [5.41, 5.74) is 2.44. The number of benzene rings is 2. The van der Waals surface area contributed by atoms with Gasteiger partial charge in [-0.2, -0.15) is 0 Å². The van der Waals surface area contributed by atoms with Gasteiger partial charge in [0, 0.05) is 28.4 Å². The van der Waals surface area contributed by atoms with Gasteiger partial charge in [0.1, 0.15) is 36.9 Å². The van der Waals surface area contributed by atoms with Crippen LogP contribution in [0.2, 0.25) is 0 Å². The van der Waals surface area contributed by atoms with Crippen molar-refractivity contribution in [2.24, 2.45) is 0 Å². The molecule has 0 aliphatic carbocycles. The zero-order valence-electron chi connectivity index (χ0n) is 14.2. The van der Waals surface area contributed by atoms with E-state index in [9.17, 15) is 0 Å². The third-order valence-corrected chi connectivity index (χ3v) is 4.80. The normalized spacial score (nSPS) is 21.6. The Labute approximate surface area is 146 Å². The first-order valence-electron chi connectivity index (χ1n) is 8.86. The molecule has 25 heavy (non-hydrogen) atoms. The first-order valence-corrected chi connectivity index (χ1v) is 8.86. The molecule has 0 bridgehead atoms. The van der Waals surface area contributed by atoms with Gasteiger partial charge in [0.25, 0.3) is 0 Å². The summed E-state index contributed by atoms with van der Waals surface area (Å²) in [5, 5.41) is 2.39. The molecule has 2 saturated heterocycles. The average Bonchev–Trinajstić information content (AvgIpc) is 3.55. The molecular formula is C20H21NO4. The Kier molecular flexibility index (Phi) is 3.57. The predicted molar refractivity (Wildman–Crippen MR) is 95.6 cm³/mol. The van der Waals surface area contributed by atoms with Crippen LogP contribution in [0.4, 0.5) is 0 Å². The lowest BCUT2D eigenvalue weighted by atomic mass is 10.1. The van der Waals surface area contributed by atoms with Gasteiger partial charge in [-0.25, -0.2) is 0 Å². The smallest absolute Gasteiger partial charge is 0.120 e. The van der Waals surface area contributed by atoms with Crippen LogP contribution < -0.4 is 9.47 Å². The largest absolute Gasteiger partial charge is 0.491 e. The van der Waals surface area contributed by atoms with Crippen molar-refractivity contribution in [3.8, 4) is 11.5 Å². The number of nitrogens with zero attached hydrogens (tertiary/aromatic N) is 1. The second kappa shape index (κ2) is 5.93. The molecule has 5 nitrogen and oxygen atoms in total. The number of hydrogen-bond acceptors (Lipinski definition) is 4. The summed E-state index contributed by atoms with van der Waals surface area (Å²) in [6, 6.07) is 12.6. The van der Waals surface area contributed by atoms with Crippen LogP contribution in [0.3, 0.4) is 0 Å². The number of ether oxygens (including phenoxy) is 4. The van der Waals surface area contributed by atoms with Crippen molar-refractivity contribution >= 4 is 21.8 Å². The molecule has 1 aromatic heterocycles. The van der Waals surface area contributed by atoms with Crippen LogP contribution in [0.1, 0.15) is 6.92 Å². The van der Waals surface area contributed by atoms with Crippen molar-refractivity contribution < 1.29 is 18.9 Å². The number of epoxide rings is 2. The van der Waals surface area contributed by atoms with Crippen LogP contribution >= 0.6 is 0 Å². The molecule has 2 atom stereocenters. The highest BCUT2D eigenvalue weighted by Crippen LogP contribution is 2.34. The number of fused-ring (bicyclic) bond motifs is 3. The van der Waals surface area contributed by atoms with Crippen LogP contribution in [0.5, 0.6) is 11.5 Å². The SMILES string of the molecule is CCn1c2ccc(OCC3CO3)cc2c2cc(OCC3CO3)ccc21. The molecule has 130 valence electrons. The van der Waals surface area contributed by atoms with E-state index in [2.05, 4.69) is 35.8 Å². The molecule has 2 aliphatic heterocycles. The zero-order valence-corrected chi connectivity index (χ0v) is 14.2. The minimum atomic E-state index is 0.261. The summed E-state index contributed by atoms with van der Waals surface area (Å²) in [6.07, 6.45) is 0.523. The van der Waals surface area contributed by atoms with Crippen molar-refractivity contribution in [3.05, 3.63) is 36.4 Å². The van der Waals surface area contributed by atoms with Crippen molar-refractivity contribution in [1.29, 1.82) is 0 Å². The number of rotatable bonds is 7. The van der Waals surface area contributed by atoms with E-state index in [4.69, 9.17) is 18.9 Å². The lowest BCUT2D eigenvalue weighted by molar-refractivity contribution is 0.263. The molecule has 0 amide bonds. The fourth-order valence-electron chi connectivity index (χ4n) is 3.29. The van der Waals surface area contributed by atoms with E-state index in [1.165, 1.54) is 21.8 Å². The summed E-state index contributed by atoms with van der Waals surface area (Å²) in [6.45, 7) is 5.95. The van der Waals surface area contributed by atoms with Gasteiger partial charge in [-0.15, -0.1) is 0 Å². The summed E-state index contributed by atoms with van der Waals surface area (Å²) in [7, 11) is 0. The molecule has 0 saturated carbocycles. The van der Waals surface area contributed by atoms with E-state index in [0.717, 1.165) is 31.3 Å². The van der Waals surface area contributed by atoms with Gasteiger partial charge in [-0.3, -0.25) is 0 Å². The Bertz CT molecular complexity index is 851. The van der Waals surface area contributed by atoms with Crippen molar-refractivity contribution in [2.45, 2.75) is 25.7 Å². The van der Waals surface area contributed by atoms with E-state index in [0.29, 0.717) is 13.2 Å². The van der Waals surface area contributed by atoms with Crippen LogP contribution in [0, 0.1) is 0 Å². The highest BCUT2D eigenvalue weighted by atomic mass is 16.6. The molecule has 5 heteroatoms. The van der Waals surface area contributed by atoms with Gasteiger partial charge in [-0.05, 0) is 43.3 Å². The first-order chi connectivity index (χ1) is 12.3. The van der Waals surface area contributed by atoms with Crippen LogP contribution in [0.15, 0.2) is 36.4 Å². The van der Waals surface area contributed by atoms with Crippen LogP contribution in [0.25, 0.3) is 21.8 Å². The van der Waals surface area contributed by atoms with E-state index in [-0.39, 0.29) is 12.2 Å². The Morgan fingerprint density at radius 1 is 0.880 bits per heavy atom. The molecule has 2 aliphatic rings. The maximum Gasteiger partial charge on any atom is 0.120 e. The van der Waals surface area contributed by atoms with Gasteiger partial charge in [0.05, 0.1) is 13.2 Å². The second-order valence-electron chi connectivity index (χ2n) is 6.63. The Balaban J connectivity index is 1.54. The molecule has 3 aromatic rings. The lowest BCUT2D eigenvalue weighted by Crippen LogP contribution is -2.03. The quantitative estimate of drug-likeness (QED) is 0.619. The molecule has 5 rings (SSSR count). The first kappa shape index (κ1) is 15.0. The fraction of sp³-hybridized carbons (Fsp3) is 0.400. The summed E-state index contributed by atoms with van der Waals surface area (Å²) >= 11 is 0. The molecule has 0 spiro atoms. The predicted octanol–water partition coefficient (Wildman–Crippen LogP) is 3.37. The summed E-state index contributed by atoms with van der Waals surface area (Å²) < 4.78 is 24.5. The van der Waals surface area contributed by atoms with Gasteiger partial charge < -0.3 is 23.5 Å². The fourth-order valence-corrected chi connectivity index (χ4v) is 3.29. The van der Waals surface area contributed by atoms with Gasteiger partial charge >= 0.3 is 0 Å². The summed E-state index contributed by atoms with van der Waals surface area (Å²) in [5.74, 6) is 1.77. The Morgan fingerprint density at radius 3 is 1.76 bits per heavy atom. The third-order valence-electron chi connectivity index (χ3n) is 4.80. The van der Waals surface area contributed by atoms with E-state index in [1.807, 2.05) is 12.1 Å². The van der Waals surface area contributed by atoms with Crippen molar-refractivity contribution in [3.63, 3.8) is 0 Å². The number of aromatic nitrogens is 1. The number of hydrogen-bond donors (Lipinski definition) is 0. The van der Waals surface area contributed by atoms with Gasteiger partial charge in [0.2, 0.25) is 0 Å². The Morgan fingerprint density at radius 2 is 1.36 bits per heavy atom.